The second-order valence-electron chi connectivity index (χ2n) is 7.30. The molecule has 0 atom stereocenters. The molecule has 1 saturated heterocycles. The fourth-order valence-electron chi connectivity index (χ4n) is 3.63. The highest BCUT2D eigenvalue weighted by molar-refractivity contribution is 6.33. The Balaban J connectivity index is 1.55. The van der Waals surface area contributed by atoms with Crippen LogP contribution in [0.15, 0.2) is 53.5 Å². The lowest BCUT2D eigenvalue weighted by Crippen LogP contribution is -2.36. The summed E-state index contributed by atoms with van der Waals surface area (Å²) in [5.74, 6) is -2.48. The van der Waals surface area contributed by atoms with Gasteiger partial charge in [0.15, 0.2) is 5.82 Å². The minimum Gasteiger partial charge on any atom is -0.367 e. The first kappa shape index (κ1) is 21.9. The van der Waals surface area contributed by atoms with Gasteiger partial charge in [-0.15, -0.1) is 0 Å². The summed E-state index contributed by atoms with van der Waals surface area (Å²) in [6.45, 7) is 1.66. The molecule has 2 heterocycles. The number of carbonyl (C=O) groups is 1. The third-order valence-corrected chi connectivity index (χ3v) is 5.59. The van der Waals surface area contributed by atoms with Crippen LogP contribution in [0.25, 0.3) is 5.69 Å². The SMILES string of the molecule is O=C(c1cccc(F)c1)N1CCCN(c2cnn(-c3ccc(F)cc3F)c(=O)c2Cl)CC1. The first-order valence-electron chi connectivity index (χ1n) is 9.88. The van der Waals surface area contributed by atoms with Crippen molar-refractivity contribution in [1.29, 1.82) is 0 Å². The van der Waals surface area contributed by atoms with Crippen LogP contribution in [0.1, 0.15) is 16.8 Å². The molecule has 32 heavy (non-hydrogen) atoms. The maximum absolute atomic E-state index is 14.1. The summed E-state index contributed by atoms with van der Waals surface area (Å²) in [6, 6.07) is 8.30. The number of nitrogens with zero attached hydrogens (tertiary/aromatic N) is 4. The summed E-state index contributed by atoms with van der Waals surface area (Å²) >= 11 is 6.30. The van der Waals surface area contributed by atoms with E-state index in [0.717, 1.165) is 16.8 Å². The molecule has 6 nitrogen and oxygen atoms in total. The first-order valence-corrected chi connectivity index (χ1v) is 10.3. The molecule has 0 N–H and O–H groups in total. The van der Waals surface area contributed by atoms with Crippen molar-refractivity contribution >= 4 is 23.2 Å². The van der Waals surface area contributed by atoms with Gasteiger partial charge in [-0.3, -0.25) is 9.59 Å². The van der Waals surface area contributed by atoms with Crippen molar-refractivity contribution in [2.75, 3.05) is 31.1 Å². The molecule has 4 rings (SSSR count). The highest BCUT2D eigenvalue weighted by Crippen LogP contribution is 2.24. The van der Waals surface area contributed by atoms with Gasteiger partial charge in [0, 0.05) is 37.8 Å². The zero-order valence-corrected chi connectivity index (χ0v) is 17.5. The van der Waals surface area contributed by atoms with Crippen molar-refractivity contribution in [3.63, 3.8) is 0 Å². The summed E-state index contributed by atoms with van der Waals surface area (Å²) in [7, 11) is 0. The number of halogens is 4. The van der Waals surface area contributed by atoms with Crippen LogP contribution in [-0.2, 0) is 0 Å². The van der Waals surface area contributed by atoms with E-state index >= 15 is 0 Å². The van der Waals surface area contributed by atoms with Gasteiger partial charge in [-0.25, -0.2) is 13.2 Å². The molecule has 166 valence electrons. The van der Waals surface area contributed by atoms with Crippen molar-refractivity contribution in [1.82, 2.24) is 14.7 Å². The Morgan fingerprint density at radius 2 is 1.72 bits per heavy atom. The van der Waals surface area contributed by atoms with Crippen LogP contribution in [0.3, 0.4) is 0 Å². The van der Waals surface area contributed by atoms with E-state index in [1.807, 2.05) is 4.90 Å². The Morgan fingerprint density at radius 1 is 0.938 bits per heavy atom. The lowest BCUT2D eigenvalue weighted by Gasteiger charge is -2.24. The molecule has 1 amide bonds. The number of aromatic nitrogens is 2. The van der Waals surface area contributed by atoms with Crippen LogP contribution in [0.2, 0.25) is 5.02 Å². The van der Waals surface area contributed by atoms with Crippen LogP contribution in [0.4, 0.5) is 18.9 Å². The lowest BCUT2D eigenvalue weighted by atomic mass is 10.2. The van der Waals surface area contributed by atoms with E-state index in [4.69, 9.17) is 11.6 Å². The summed E-state index contributed by atoms with van der Waals surface area (Å²) in [4.78, 5) is 28.9. The maximum atomic E-state index is 14.1. The van der Waals surface area contributed by atoms with Gasteiger partial charge >= 0.3 is 0 Å². The summed E-state index contributed by atoms with van der Waals surface area (Å²) in [5.41, 5.74) is -0.336. The van der Waals surface area contributed by atoms with Crippen LogP contribution in [0, 0.1) is 17.5 Å². The maximum Gasteiger partial charge on any atom is 0.292 e. The average molecular weight is 463 g/mol. The Hall–Kier alpha value is -3.33. The molecule has 0 saturated carbocycles. The Labute approximate surface area is 186 Å². The third kappa shape index (κ3) is 4.34. The number of amides is 1. The highest BCUT2D eigenvalue weighted by atomic mass is 35.5. The van der Waals surface area contributed by atoms with E-state index < -0.39 is 23.0 Å². The van der Waals surface area contributed by atoms with Crippen molar-refractivity contribution in [3.05, 3.63) is 87.1 Å². The molecule has 0 radical (unpaired) electrons. The topological polar surface area (TPSA) is 58.4 Å². The van der Waals surface area contributed by atoms with E-state index in [-0.39, 0.29) is 22.2 Å². The minimum atomic E-state index is -0.940. The smallest absolute Gasteiger partial charge is 0.292 e. The number of carbonyl (C=O) groups excluding carboxylic acids is 1. The van der Waals surface area contributed by atoms with Crippen LogP contribution in [0.5, 0.6) is 0 Å². The van der Waals surface area contributed by atoms with Crippen LogP contribution < -0.4 is 10.5 Å². The molecule has 1 aromatic heterocycles. The van der Waals surface area contributed by atoms with Gasteiger partial charge in [0.25, 0.3) is 11.5 Å². The average Bonchev–Trinajstić information content (AvgIpc) is 3.02. The largest absolute Gasteiger partial charge is 0.367 e. The number of anilines is 1. The van der Waals surface area contributed by atoms with Crippen molar-refractivity contribution in [2.24, 2.45) is 0 Å². The standard InChI is InChI=1S/C22H18ClF3N4O2/c23-20-19(13-27-30(22(20)32)18-6-5-16(25)12-17(18)26)28-7-2-8-29(10-9-28)21(31)14-3-1-4-15(24)11-14/h1,3-6,11-13H,2,7-10H2. The quantitative estimate of drug-likeness (QED) is 0.596. The predicted octanol–water partition coefficient (Wildman–Crippen LogP) is 3.66. The fourth-order valence-corrected chi connectivity index (χ4v) is 3.88. The number of hydrogen-bond acceptors (Lipinski definition) is 4. The lowest BCUT2D eigenvalue weighted by molar-refractivity contribution is 0.0766. The van der Waals surface area contributed by atoms with E-state index in [1.54, 1.807) is 11.0 Å². The monoisotopic (exact) mass is 462 g/mol. The first-order chi connectivity index (χ1) is 15.3. The molecule has 2 aromatic carbocycles. The molecule has 0 aliphatic carbocycles. The van der Waals surface area contributed by atoms with E-state index in [1.165, 1.54) is 24.4 Å². The summed E-state index contributed by atoms with van der Waals surface area (Å²) < 4.78 is 41.5. The Morgan fingerprint density at radius 3 is 2.47 bits per heavy atom. The molecule has 0 bridgehead atoms. The molecule has 1 aliphatic rings. The molecule has 1 fully saturated rings. The van der Waals surface area contributed by atoms with Crippen molar-refractivity contribution in [3.8, 4) is 5.69 Å². The normalized spacial score (nSPS) is 14.4. The minimum absolute atomic E-state index is 0.159. The van der Waals surface area contributed by atoms with E-state index in [9.17, 15) is 22.8 Å². The van der Waals surface area contributed by atoms with Gasteiger partial charge in [0.2, 0.25) is 0 Å². The summed E-state index contributed by atoms with van der Waals surface area (Å²) in [5, 5.41) is 3.85. The van der Waals surface area contributed by atoms with Crippen LogP contribution >= 0.6 is 11.6 Å². The number of benzene rings is 2. The third-order valence-electron chi connectivity index (χ3n) is 5.23. The van der Waals surface area contributed by atoms with Gasteiger partial charge in [0.1, 0.15) is 22.3 Å². The molecule has 10 heteroatoms. The van der Waals surface area contributed by atoms with E-state index in [0.29, 0.717) is 44.4 Å². The molecular formula is C22H18ClF3N4O2. The number of hydrogen-bond donors (Lipinski definition) is 0. The molecule has 0 spiro atoms. The fraction of sp³-hybridized carbons (Fsp3) is 0.227. The highest BCUT2D eigenvalue weighted by Gasteiger charge is 2.23. The zero-order chi connectivity index (χ0) is 22.8. The van der Waals surface area contributed by atoms with Gasteiger partial charge in [-0.05, 0) is 36.8 Å². The second-order valence-corrected chi connectivity index (χ2v) is 7.68. The second kappa shape index (κ2) is 9.04. The predicted molar refractivity (Wildman–Crippen MR) is 114 cm³/mol. The number of rotatable bonds is 3. The van der Waals surface area contributed by atoms with Crippen molar-refractivity contribution < 1.29 is 18.0 Å². The zero-order valence-electron chi connectivity index (χ0n) is 16.8. The molecule has 0 unspecified atom stereocenters. The Bertz CT molecular complexity index is 1230. The molecular weight excluding hydrogens is 445 g/mol. The van der Waals surface area contributed by atoms with Gasteiger partial charge in [-0.1, -0.05) is 17.7 Å². The summed E-state index contributed by atoms with van der Waals surface area (Å²) in [6.07, 6.45) is 1.93. The van der Waals surface area contributed by atoms with Gasteiger partial charge in [-0.2, -0.15) is 9.78 Å². The van der Waals surface area contributed by atoms with Gasteiger partial charge < -0.3 is 9.80 Å². The Kier molecular flexibility index (Phi) is 6.18. The van der Waals surface area contributed by atoms with Gasteiger partial charge in [0.05, 0.1) is 11.9 Å². The van der Waals surface area contributed by atoms with Crippen LogP contribution in [-0.4, -0.2) is 46.8 Å². The van der Waals surface area contributed by atoms with E-state index in [2.05, 4.69) is 5.10 Å². The molecule has 3 aromatic rings. The molecule has 1 aliphatic heterocycles. The van der Waals surface area contributed by atoms with Crippen molar-refractivity contribution in [2.45, 2.75) is 6.42 Å².